The molecular formula is C16H17FN2. The van der Waals surface area contributed by atoms with Gasteiger partial charge in [0.2, 0.25) is 0 Å². The van der Waals surface area contributed by atoms with E-state index in [-0.39, 0.29) is 5.82 Å². The number of allylic oxidation sites excluding steroid dienone is 1. The van der Waals surface area contributed by atoms with E-state index in [1.165, 1.54) is 35.7 Å². The zero-order valence-corrected chi connectivity index (χ0v) is 11.1. The van der Waals surface area contributed by atoms with Crippen LogP contribution in [-0.2, 0) is 13.5 Å². The van der Waals surface area contributed by atoms with Crippen LogP contribution in [0.4, 0.5) is 4.39 Å². The van der Waals surface area contributed by atoms with Crippen LogP contribution in [0, 0.1) is 5.82 Å². The Morgan fingerprint density at radius 1 is 1.26 bits per heavy atom. The molecule has 0 bridgehead atoms. The molecule has 1 aromatic heterocycles. The van der Waals surface area contributed by atoms with Crippen molar-refractivity contribution in [2.24, 2.45) is 7.05 Å². The summed E-state index contributed by atoms with van der Waals surface area (Å²) in [6.07, 6.45) is 8.54. The number of halogens is 1. The second-order valence-corrected chi connectivity index (χ2v) is 5.07. The van der Waals surface area contributed by atoms with Gasteiger partial charge in [-0.1, -0.05) is 12.1 Å². The molecule has 0 saturated carbocycles. The molecule has 1 heterocycles. The maximum absolute atomic E-state index is 13.3. The smallest absolute Gasteiger partial charge is 0.123 e. The van der Waals surface area contributed by atoms with Crippen molar-refractivity contribution in [3.8, 4) is 0 Å². The standard InChI is InChI=1S/C16H17FN2/c1-19-16-13(6-2-3-7-14(16)11-18-19)9-12-5-4-8-15(17)10-12/h4-5,8-11H,2-3,6-7H2,1H3. The third-order valence-corrected chi connectivity index (χ3v) is 3.65. The average Bonchev–Trinajstić information content (AvgIpc) is 2.63. The number of hydrogen-bond acceptors (Lipinski definition) is 1. The summed E-state index contributed by atoms with van der Waals surface area (Å²) in [5.41, 5.74) is 4.70. The molecule has 98 valence electrons. The highest BCUT2D eigenvalue weighted by atomic mass is 19.1. The first-order chi connectivity index (χ1) is 9.24. The summed E-state index contributed by atoms with van der Waals surface area (Å²) in [6.45, 7) is 0. The van der Waals surface area contributed by atoms with Gasteiger partial charge in [0.25, 0.3) is 0 Å². The molecule has 3 rings (SSSR count). The molecule has 19 heavy (non-hydrogen) atoms. The first-order valence-electron chi connectivity index (χ1n) is 6.71. The molecule has 0 radical (unpaired) electrons. The van der Waals surface area contributed by atoms with E-state index in [0.717, 1.165) is 18.4 Å². The Labute approximate surface area is 112 Å². The lowest BCUT2D eigenvalue weighted by Crippen LogP contribution is -1.98. The highest BCUT2D eigenvalue weighted by Crippen LogP contribution is 2.30. The molecule has 2 nitrogen and oxygen atoms in total. The number of rotatable bonds is 1. The van der Waals surface area contributed by atoms with E-state index in [1.807, 2.05) is 24.0 Å². The quantitative estimate of drug-likeness (QED) is 0.709. The minimum Gasteiger partial charge on any atom is -0.268 e. The van der Waals surface area contributed by atoms with E-state index in [0.29, 0.717) is 0 Å². The second kappa shape index (κ2) is 5.00. The van der Waals surface area contributed by atoms with Crippen LogP contribution < -0.4 is 0 Å². The van der Waals surface area contributed by atoms with Crippen LogP contribution in [0.1, 0.15) is 36.1 Å². The fraction of sp³-hybridized carbons (Fsp3) is 0.312. The molecule has 0 unspecified atom stereocenters. The lowest BCUT2D eigenvalue weighted by molar-refractivity contribution is 0.627. The fourth-order valence-corrected chi connectivity index (χ4v) is 2.77. The third-order valence-electron chi connectivity index (χ3n) is 3.65. The van der Waals surface area contributed by atoms with Gasteiger partial charge in [-0.25, -0.2) is 4.39 Å². The van der Waals surface area contributed by atoms with Crippen molar-refractivity contribution < 1.29 is 4.39 Å². The van der Waals surface area contributed by atoms with Gasteiger partial charge in [0.1, 0.15) is 5.82 Å². The van der Waals surface area contributed by atoms with Gasteiger partial charge in [0, 0.05) is 7.05 Å². The normalized spacial score (nSPS) is 17.3. The third kappa shape index (κ3) is 2.46. The van der Waals surface area contributed by atoms with Crippen LogP contribution in [0.2, 0.25) is 0 Å². The number of aromatic nitrogens is 2. The number of aryl methyl sites for hydroxylation is 2. The van der Waals surface area contributed by atoms with Crippen LogP contribution in [0.5, 0.6) is 0 Å². The first-order valence-corrected chi connectivity index (χ1v) is 6.71. The van der Waals surface area contributed by atoms with Crippen LogP contribution in [0.25, 0.3) is 11.6 Å². The molecular weight excluding hydrogens is 239 g/mol. The van der Waals surface area contributed by atoms with Gasteiger partial charge >= 0.3 is 0 Å². The molecule has 0 aliphatic heterocycles. The van der Waals surface area contributed by atoms with Crippen LogP contribution in [0.3, 0.4) is 0 Å². The zero-order valence-electron chi connectivity index (χ0n) is 11.1. The molecule has 0 amide bonds. The van der Waals surface area contributed by atoms with Gasteiger partial charge in [-0.3, -0.25) is 4.68 Å². The minimum absolute atomic E-state index is 0.187. The lowest BCUT2D eigenvalue weighted by Gasteiger charge is -2.07. The molecule has 2 aromatic rings. The van der Waals surface area contributed by atoms with Crippen LogP contribution in [-0.4, -0.2) is 9.78 Å². The summed E-state index contributed by atoms with van der Waals surface area (Å²) in [5.74, 6) is -0.187. The average molecular weight is 256 g/mol. The van der Waals surface area contributed by atoms with Gasteiger partial charge < -0.3 is 0 Å². The molecule has 0 spiro atoms. The Morgan fingerprint density at radius 3 is 2.95 bits per heavy atom. The molecule has 0 atom stereocenters. The van der Waals surface area contributed by atoms with Gasteiger partial charge in [0.15, 0.2) is 0 Å². The summed E-state index contributed by atoms with van der Waals surface area (Å²) in [7, 11) is 1.98. The fourth-order valence-electron chi connectivity index (χ4n) is 2.77. The van der Waals surface area contributed by atoms with Crippen LogP contribution in [0.15, 0.2) is 30.5 Å². The lowest BCUT2D eigenvalue weighted by atomic mass is 10.0. The molecule has 3 heteroatoms. The molecule has 0 fully saturated rings. The second-order valence-electron chi connectivity index (χ2n) is 5.07. The highest BCUT2D eigenvalue weighted by molar-refractivity contribution is 5.81. The number of fused-ring (bicyclic) bond motifs is 1. The van der Waals surface area contributed by atoms with E-state index >= 15 is 0 Å². The minimum atomic E-state index is -0.187. The molecule has 1 aliphatic carbocycles. The maximum atomic E-state index is 13.3. The Balaban J connectivity index is 2.06. The predicted octanol–water partition coefficient (Wildman–Crippen LogP) is 3.83. The van der Waals surface area contributed by atoms with Crippen molar-refractivity contribution in [3.63, 3.8) is 0 Å². The van der Waals surface area contributed by atoms with E-state index < -0.39 is 0 Å². The number of benzene rings is 1. The molecule has 0 saturated heterocycles. The summed E-state index contributed by atoms with van der Waals surface area (Å²) in [6, 6.07) is 6.75. The maximum Gasteiger partial charge on any atom is 0.123 e. The Hall–Kier alpha value is -1.90. The Morgan fingerprint density at radius 2 is 2.11 bits per heavy atom. The highest BCUT2D eigenvalue weighted by Gasteiger charge is 2.16. The van der Waals surface area contributed by atoms with Crippen molar-refractivity contribution in [1.82, 2.24) is 9.78 Å². The topological polar surface area (TPSA) is 17.8 Å². The predicted molar refractivity (Wildman–Crippen MR) is 75.0 cm³/mol. The van der Waals surface area contributed by atoms with E-state index in [9.17, 15) is 4.39 Å². The van der Waals surface area contributed by atoms with E-state index in [2.05, 4.69) is 11.2 Å². The Kier molecular flexibility index (Phi) is 3.20. The summed E-state index contributed by atoms with van der Waals surface area (Å²) < 4.78 is 15.2. The van der Waals surface area contributed by atoms with Crippen molar-refractivity contribution in [2.45, 2.75) is 25.7 Å². The van der Waals surface area contributed by atoms with E-state index in [4.69, 9.17) is 0 Å². The van der Waals surface area contributed by atoms with Gasteiger partial charge in [-0.15, -0.1) is 0 Å². The van der Waals surface area contributed by atoms with Gasteiger partial charge in [-0.05, 0) is 60.6 Å². The summed E-state index contributed by atoms with van der Waals surface area (Å²) in [4.78, 5) is 0. The SMILES string of the molecule is Cn1ncc2c1C(=Cc1cccc(F)c1)CCCC2. The Bertz CT molecular complexity index is 625. The molecule has 1 aliphatic rings. The van der Waals surface area contributed by atoms with Crippen LogP contribution >= 0.6 is 0 Å². The summed E-state index contributed by atoms with van der Waals surface area (Å²) >= 11 is 0. The largest absolute Gasteiger partial charge is 0.268 e. The van der Waals surface area contributed by atoms with Crippen molar-refractivity contribution in [1.29, 1.82) is 0 Å². The molecule has 1 aromatic carbocycles. The van der Waals surface area contributed by atoms with Gasteiger partial charge in [0.05, 0.1) is 11.9 Å². The zero-order chi connectivity index (χ0) is 13.2. The van der Waals surface area contributed by atoms with Crippen molar-refractivity contribution in [3.05, 3.63) is 53.1 Å². The van der Waals surface area contributed by atoms with E-state index in [1.54, 1.807) is 12.1 Å². The van der Waals surface area contributed by atoms with Crippen molar-refractivity contribution in [2.75, 3.05) is 0 Å². The monoisotopic (exact) mass is 256 g/mol. The van der Waals surface area contributed by atoms with Crippen molar-refractivity contribution >= 4 is 11.6 Å². The summed E-state index contributed by atoms with van der Waals surface area (Å²) in [5, 5.41) is 4.35. The number of hydrogen-bond donors (Lipinski definition) is 0. The van der Waals surface area contributed by atoms with Gasteiger partial charge in [-0.2, -0.15) is 5.10 Å². The molecule has 0 N–H and O–H groups in total. The number of nitrogens with zero attached hydrogens (tertiary/aromatic N) is 2. The first kappa shape index (κ1) is 12.2.